The highest BCUT2D eigenvalue weighted by Gasteiger charge is 2.30. The van der Waals surface area contributed by atoms with Gasteiger partial charge in [-0.3, -0.25) is 4.98 Å². The van der Waals surface area contributed by atoms with E-state index in [0.717, 1.165) is 39.9 Å². The molecule has 3 aromatic rings. The van der Waals surface area contributed by atoms with Crippen molar-refractivity contribution in [2.24, 2.45) is 0 Å². The zero-order chi connectivity index (χ0) is 19.3. The van der Waals surface area contributed by atoms with Gasteiger partial charge in [-0.15, -0.1) is 5.48 Å². The van der Waals surface area contributed by atoms with E-state index in [0.29, 0.717) is 24.8 Å². The Hall–Kier alpha value is -2.98. The molecule has 5 rings (SSSR count). The molecule has 6 nitrogen and oxygen atoms in total. The van der Waals surface area contributed by atoms with Crippen LogP contribution in [0, 0.1) is 11.3 Å². The van der Waals surface area contributed by atoms with Crippen LogP contribution in [0.4, 0.5) is 4.39 Å². The van der Waals surface area contributed by atoms with E-state index in [-0.39, 0.29) is 12.1 Å². The lowest BCUT2D eigenvalue weighted by molar-refractivity contribution is 0.117. The molecule has 0 spiro atoms. The van der Waals surface area contributed by atoms with E-state index in [4.69, 9.17) is 9.82 Å². The highest BCUT2D eigenvalue weighted by atomic mass is 19.1. The second-order valence-electron chi connectivity index (χ2n) is 7.61. The summed E-state index contributed by atoms with van der Waals surface area (Å²) in [4.78, 5) is 14.7. The molecular weight excluding hydrogens is 357 g/mol. The summed E-state index contributed by atoms with van der Waals surface area (Å²) in [6.45, 7) is 1.90. The van der Waals surface area contributed by atoms with Crippen molar-refractivity contribution in [2.45, 2.75) is 50.9 Å². The predicted octanol–water partition coefficient (Wildman–Crippen LogP) is 3.87. The molecule has 1 saturated carbocycles. The maximum Gasteiger partial charge on any atom is 0.118 e. The van der Waals surface area contributed by atoms with Crippen molar-refractivity contribution < 1.29 is 9.23 Å². The average molecular weight is 377 g/mol. The van der Waals surface area contributed by atoms with Gasteiger partial charge in [0.15, 0.2) is 0 Å². The Kier molecular flexibility index (Phi) is 4.02. The van der Waals surface area contributed by atoms with E-state index in [1.807, 2.05) is 25.1 Å². The molecule has 1 fully saturated rings. The lowest BCUT2D eigenvalue weighted by Gasteiger charge is -2.18. The van der Waals surface area contributed by atoms with Crippen molar-refractivity contribution in [3.05, 3.63) is 47.6 Å². The van der Waals surface area contributed by atoms with Crippen LogP contribution in [-0.4, -0.2) is 26.7 Å². The number of nitriles is 1. The molecular formula is C21H20FN5O. The van der Waals surface area contributed by atoms with E-state index < -0.39 is 6.17 Å². The van der Waals surface area contributed by atoms with Gasteiger partial charge in [-0.2, -0.15) is 5.26 Å². The van der Waals surface area contributed by atoms with Crippen molar-refractivity contribution in [1.29, 1.82) is 5.26 Å². The van der Waals surface area contributed by atoms with Gasteiger partial charge in [-0.25, -0.2) is 9.37 Å². The first-order chi connectivity index (χ1) is 13.6. The van der Waals surface area contributed by atoms with Gasteiger partial charge < -0.3 is 9.40 Å². The molecule has 1 N–H and O–H groups in total. The molecule has 2 aliphatic rings. The summed E-state index contributed by atoms with van der Waals surface area (Å²) in [7, 11) is 0. The zero-order valence-electron chi connectivity index (χ0n) is 15.5. The van der Waals surface area contributed by atoms with E-state index in [2.05, 4.69) is 21.1 Å². The third kappa shape index (κ3) is 2.81. The van der Waals surface area contributed by atoms with E-state index in [9.17, 15) is 9.65 Å². The minimum absolute atomic E-state index is 0.0204. The monoisotopic (exact) mass is 377 g/mol. The van der Waals surface area contributed by atoms with Crippen LogP contribution in [0.15, 0.2) is 36.2 Å². The van der Waals surface area contributed by atoms with Gasteiger partial charge in [0.2, 0.25) is 0 Å². The number of hydrogen-bond donors (Lipinski definition) is 1. The fourth-order valence-electron chi connectivity index (χ4n) is 4.39. The number of nitrogens with zero attached hydrogens (tertiary/aromatic N) is 4. The second-order valence-corrected chi connectivity index (χ2v) is 7.61. The molecule has 0 bridgehead atoms. The number of allylic oxidation sites excluding steroid dienone is 1. The normalized spacial score (nSPS) is 24.5. The van der Waals surface area contributed by atoms with Crippen LogP contribution < -0.4 is 5.48 Å². The lowest BCUT2D eigenvalue weighted by atomic mass is 10.1. The smallest absolute Gasteiger partial charge is 0.118 e. The number of aromatic nitrogens is 3. The molecule has 142 valence electrons. The van der Waals surface area contributed by atoms with Crippen LogP contribution in [0.1, 0.15) is 43.6 Å². The first-order valence-corrected chi connectivity index (χ1v) is 9.57. The van der Waals surface area contributed by atoms with Crippen molar-refractivity contribution in [3.8, 4) is 6.07 Å². The number of hydrogen-bond acceptors (Lipinski definition) is 5. The SMILES string of the molecule is CC1=CC(Cc2nc3cnc4ccc(C#N)cc4c3n2[C@@H]2CC[C@H](F)C2)NO1. The van der Waals surface area contributed by atoms with Crippen LogP contribution in [0.3, 0.4) is 0 Å². The second kappa shape index (κ2) is 6.57. The van der Waals surface area contributed by atoms with Crippen molar-refractivity contribution in [2.75, 3.05) is 0 Å². The Morgan fingerprint density at radius 1 is 1.36 bits per heavy atom. The highest BCUT2D eigenvalue weighted by molar-refractivity contribution is 6.02. The number of hydroxylamine groups is 1. The molecule has 7 heteroatoms. The Labute approximate surface area is 161 Å². The summed E-state index contributed by atoms with van der Waals surface area (Å²) in [5.74, 6) is 1.72. The zero-order valence-corrected chi connectivity index (χ0v) is 15.5. The Balaban J connectivity index is 1.72. The molecule has 2 aromatic heterocycles. The minimum Gasteiger partial charge on any atom is -0.413 e. The molecule has 0 saturated heterocycles. The summed E-state index contributed by atoms with van der Waals surface area (Å²) in [6.07, 6.45) is 5.49. The number of pyridine rings is 1. The quantitative estimate of drug-likeness (QED) is 0.750. The average Bonchev–Trinajstić information content (AvgIpc) is 3.39. The Bertz CT molecular complexity index is 1150. The van der Waals surface area contributed by atoms with E-state index >= 15 is 0 Å². The largest absolute Gasteiger partial charge is 0.413 e. The summed E-state index contributed by atoms with van der Waals surface area (Å²) in [5.41, 5.74) is 6.11. The van der Waals surface area contributed by atoms with Crippen LogP contribution >= 0.6 is 0 Å². The Morgan fingerprint density at radius 2 is 2.25 bits per heavy atom. The summed E-state index contributed by atoms with van der Waals surface area (Å²) in [6, 6.07) is 7.75. The maximum atomic E-state index is 14.1. The summed E-state index contributed by atoms with van der Waals surface area (Å²) >= 11 is 0. The number of imidazole rings is 1. The van der Waals surface area contributed by atoms with Gasteiger partial charge in [0.1, 0.15) is 23.3 Å². The van der Waals surface area contributed by atoms with Crippen molar-refractivity contribution in [1.82, 2.24) is 20.0 Å². The molecule has 0 amide bonds. The number of nitrogens with one attached hydrogen (secondary N) is 1. The van der Waals surface area contributed by atoms with Gasteiger partial charge in [0.05, 0.1) is 34.9 Å². The molecule has 1 aliphatic carbocycles. The third-order valence-corrected chi connectivity index (χ3v) is 5.63. The van der Waals surface area contributed by atoms with Gasteiger partial charge in [0, 0.05) is 17.8 Å². The van der Waals surface area contributed by atoms with Crippen molar-refractivity contribution >= 4 is 21.9 Å². The number of benzene rings is 1. The number of rotatable bonds is 3. The maximum absolute atomic E-state index is 14.1. The molecule has 1 aliphatic heterocycles. The van der Waals surface area contributed by atoms with E-state index in [1.54, 1.807) is 12.3 Å². The van der Waals surface area contributed by atoms with Gasteiger partial charge >= 0.3 is 0 Å². The Morgan fingerprint density at radius 3 is 2.96 bits per heavy atom. The molecule has 3 atom stereocenters. The summed E-state index contributed by atoms with van der Waals surface area (Å²) in [5, 5.41) is 10.2. The van der Waals surface area contributed by atoms with Gasteiger partial charge in [0.25, 0.3) is 0 Å². The first kappa shape index (κ1) is 17.1. The number of halogens is 1. The third-order valence-electron chi connectivity index (χ3n) is 5.63. The fourth-order valence-corrected chi connectivity index (χ4v) is 4.39. The molecule has 28 heavy (non-hydrogen) atoms. The van der Waals surface area contributed by atoms with Crippen LogP contribution in [0.25, 0.3) is 21.9 Å². The van der Waals surface area contributed by atoms with Crippen LogP contribution in [0.5, 0.6) is 0 Å². The standard InChI is InChI=1S/C21H20FN5O/c1-12-6-15(26-28-12)9-20-25-19-11-24-18-5-2-13(10-23)7-17(18)21(19)27(20)16-4-3-14(22)8-16/h2,5-7,11,14-16,26H,3-4,8-9H2,1H3/t14-,15?,16+/m0/s1. The van der Waals surface area contributed by atoms with E-state index in [1.165, 1.54) is 0 Å². The summed E-state index contributed by atoms with van der Waals surface area (Å²) < 4.78 is 16.2. The molecule has 3 heterocycles. The lowest BCUT2D eigenvalue weighted by Crippen LogP contribution is -2.25. The topological polar surface area (TPSA) is 75.8 Å². The molecule has 0 radical (unpaired) electrons. The van der Waals surface area contributed by atoms with Crippen LogP contribution in [0.2, 0.25) is 0 Å². The van der Waals surface area contributed by atoms with Gasteiger partial charge in [-0.05, 0) is 50.5 Å². The predicted molar refractivity (Wildman–Crippen MR) is 103 cm³/mol. The number of alkyl halides is 1. The fraction of sp³-hybridized carbons (Fsp3) is 0.381. The van der Waals surface area contributed by atoms with Gasteiger partial charge in [-0.1, -0.05) is 0 Å². The minimum atomic E-state index is -0.784. The van der Waals surface area contributed by atoms with Crippen molar-refractivity contribution in [3.63, 3.8) is 0 Å². The molecule has 1 aromatic carbocycles. The van der Waals surface area contributed by atoms with Crippen LogP contribution in [-0.2, 0) is 11.3 Å². The molecule has 1 unspecified atom stereocenters. The first-order valence-electron chi connectivity index (χ1n) is 9.57. The highest BCUT2D eigenvalue weighted by Crippen LogP contribution is 2.37. The number of fused-ring (bicyclic) bond motifs is 3.